The molecule has 0 spiro atoms. The molecule has 111 valence electrons. The molecule has 0 saturated carbocycles. The molecule has 0 amide bonds. The average molecular weight is 303 g/mol. The molecule has 0 aliphatic carbocycles. The Morgan fingerprint density at radius 1 is 1.09 bits per heavy atom. The smallest absolute Gasteiger partial charge is 0.339 e. The third-order valence-electron chi connectivity index (χ3n) is 3.13. The largest absolute Gasteiger partial charge is 0.416 e. The van der Waals surface area contributed by atoms with Gasteiger partial charge in [-0.25, -0.2) is 0 Å². The zero-order chi connectivity index (χ0) is 15.7. The summed E-state index contributed by atoms with van der Waals surface area (Å²) in [5.41, 5.74) is 1.21. The van der Waals surface area contributed by atoms with Gasteiger partial charge in [0.25, 0.3) is 0 Å². The van der Waals surface area contributed by atoms with Gasteiger partial charge in [0, 0.05) is 12.5 Å². The van der Waals surface area contributed by atoms with Crippen molar-refractivity contribution in [3.8, 4) is 22.5 Å². The Hall–Kier alpha value is -2.63. The van der Waals surface area contributed by atoms with Crippen molar-refractivity contribution in [2.75, 3.05) is 0 Å². The van der Waals surface area contributed by atoms with E-state index in [-0.39, 0.29) is 0 Å². The first-order valence-corrected chi connectivity index (χ1v) is 6.44. The molecule has 1 aromatic heterocycles. The predicted octanol–water partition coefficient (Wildman–Crippen LogP) is 4.53. The fourth-order valence-corrected chi connectivity index (χ4v) is 2.10. The number of alkyl halides is 3. The van der Waals surface area contributed by atoms with Crippen LogP contribution in [0, 0.1) is 13.0 Å². The van der Waals surface area contributed by atoms with Crippen molar-refractivity contribution in [2.45, 2.75) is 13.1 Å². The molecule has 22 heavy (non-hydrogen) atoms. The second-order valence-corrected chi connectivity index (χ2v) is 4.67. The first-order valence-electron chi connectivity index (χ1n) is 6.44. The SMILES string of the molecule is Cc1nc(-c2[c]cccc2-c2ccc(C(F)(F)F)cc2)no1. The number of benzene rings is 2. The Balaban J connectivity index is 2.06. The summed E-state index contributed by atoms with van der Waals surface area (Å²) in [5.74, 6) is 0.763. The highest BCUT2D eigenvalue weighted by atomic mass is 19.4. The number of aromatic nitrogens is 2. The lowest BCUT2D eigenvalue weighted by Crippen LogP contribution is -2.04. The minimum Gasteiger partial charge on any atom is -0.339 e. The van der Waals surface area contributed by atoms with Crippen molar-refractivity contribution in [3.63, 3.8) is 0 Å². The molecule has 6 heteroatoms. The Morgan fingerprint density at radius 2 is 1.82 bits per heavy atom. The van der Waals surface area contributed by atoms with E-state index in [2.05, 4.69) is 16.2 Å². The Morgan fingerprint density at radius 3 is 2.41 bits per heavy atom. The molecule has 0 fully saturated rings. The van der Waals surface area contributed by atoms with Gasteiger partial charge in [-0.05, 0) is 29.3 Å². The zero-order valence-electron chi connectivity index (χ0n) is 11.5. The van der Waals surface area contributed by atoms with Crippen molar-refractivity contribution in [3.05, 3.63) is 60.0 Å². The zero-order valence-corrected chi connectivity index (χ0v) is 11.5. The lowest BCUT2D eigenvalue weighted by molar-refractivity contribution is -0.137. The molecule has 1 radical (unpaired) electrons. The maximum absolute atomic E-state index is 12.6. The Bertz CT molecular complexity index is 792. The third-order valence-corrected chi connectivity index (χ3v) is 3.13. The quantitative estimate of drug-likeness (QED) is 0.698. The maximum atomic E-state index is 12.6. The highest BCUT2D eigenvalue weighted by molar-refractivity contribution is 5.80. The normalized spacial score (nSPS) is 11.6. The minimum atomic E-state index is -4.35. The summed E-state index contributed by atoms with van der Waals surface area (Å²) < 4.78 is 42.8. The molecule has 2 aromatic carbocycles. The van der Waals surface area contributed by atoms with E-state index >= 15 is 0 Å². The molecule has 1 heterocycles. The minimum absolute atomic E-state index is 0.355. The van der Waals surface area contributed by atoms with Gasteiger partial charge in [0.15, 0.2) is 0 Å². The van der Waals surface area contributed by atoms with E-state index in [4.69, 9.17) is 4.52 Å². The second-order valence-electron chi connectivity index (χ2n) is 4.67. The van der Waals surface area contributed by atoms with E-state index in [0.29, 0.717) is 28.4 Å². The third kappa shape index (κ3) is 2.72. The number of halogens is 3. The van der Waals surface area contributed by atoms with Crippen LogP contribution >= 0.6 is 0 Å². The van der Waals surface area contributed by atoms with E-state index in [9.17, 15) is 13.2 Å². The molecule has 3 rings (SSSR count). The highest BCUT2D eigenvalue weighted by Gasteiger charge is 2.30. The summed E-state index contributed by atoms with van der Waals surface area (Å²) in [4.78, 5) is 4.13. The number of hydrogen-bond donors (Lipinski definition) is 0. The van der Waals surface area contributed by atoms with Gasteiger partial charge >= 0.3 is 6.18 Å². The Kier molecular flexibility index (Phi) is 3.44. The molecule has 0 N–H and O–H groups in total. The number of nitrogens with zero attached hydrogens (tertiary/aromatic N) is 2. The topological polar surface area (TPSA) is 38.9 Å². The molecule has 0 bridgehead atoms. The standard InChI is InChI=1S/C16H10F3N2O/c1-10-20-15(21-22-10)14-5-3-2-4-13(14)11-6-8-12(9-7-11)16(17,18)19/h2-4,6-9H,1H3. The van der Waals surface area contributed by atoms with E-state index in [1.165, 1.54) is 12.1 Å². The van der Waals surface area contributed by atoms with Crippen LogP contribution in [0.25, 0.3) is 22.5 Å². The van der Waals surface area contributed by atoms with E-state index in [0.717, 1.165) is 12.1 Å². The second kappa shape index (κ2) is 5.29. The van der Waals surface area contributed by atoms with Gasteiger partial charge in [0.05, 0.1) is 5.56 Å². The van der Waals surface area contributed by atoms with Crippen molar-refractivity contribution < 1.29 is 17.7 Å². The van der Waals surface area contributed by atoms with Gasteiger partial charge in [-0.1, -0.05) is 35.5 Å². The summed E-state index contributed by atoms with van der Waals surface area (Å²) in [6.07, 6.45) is -4.35. The van der Waals surface area contributed by atoms with Crippen LogP contribution in [-0.2, 0) is 6.18 Å². The van der Waals surface area contributed by atoms with Crippen LogP contribution in [-0.4, -0.2) is 10.1 Å². The molecule has 0 saturated heterocycles. The van der Waals surface area contributed by atoms with Crippen LogP contribution in [0.15, 0.2) is 47.0 Å². The van der Waals surface area contributed by atoms with Crippen LogP contribution < -0.4 is 0 Å². The van der Waals surface area contributed by atoms with Crippen LogP contribution in [0.2, 0.25) is 0 Å². The maximum Gasteiger partial charge on any atom is 0.416 e. The fraction of sp³-hybridized carbons (Fsp3) is 0.125. The summed E-state index contributed by atoms with van der Waals surface area (Å²) >= 11 is 0. The summed E-state index contributed by atoms with van der Waals surface area (Å²) in [6, 6.07) is 13.2. The van der Waals surface area contributed by atoms with E-state index in [1.807, 2.05) is 0 Å². The highest BCUT2D eigenvalue weighted by Crippen LogP contribution is 2.33. The molecule has 0 atom stereocenters. The van der Waals surface area contributed by atoms with E-state index < -0.39 is 11.7 Å². The van der Waals surface area contributed by atoms with Gasteiger partial charge in [0.2, 0.25) is 11.7 Å². The molecule has 3 aromatic rings. The van der Waals surface area contributed by atoms with Crippen molar-refractivity contribution in [1.82, 2.24) is 10.1 Å². The number of hydrogen-bond acceptors (Lipinski definition) is 3. The summed E-state index contributed by atoms with van der Waals surface area (Å²) in [6.45, 7) is 1.66. The predicted molar refractivity (Wildman–Crippen MR) is 73.7 cm³/mol. The van der Waals surface area contributed by atoms with Gasteiger partial charge in [0.1, 0.15) is 0 Å². The van der Waals surface area contributed by atoms with Crippen LogP contribution in [0.1, 0.15) is 11.5 Å². The molecular formula is C16H10F3N2O. The van der Waals surface area contributed by atoms with Gasteiger partial charge in [-0.3, -0.25) is 0 Å². The molecular weight excluding hydrogens is 293 g/mol. The first kappa shape index (κ1) is 14.3. The van der Waals surface area contributed by atoms with Crippen LogP contribution in [0.3, 0.4) is 0 Å². The van der Waals surface area contributed by atoms with Crippen LogP contribution in [0.4, 0.5) is 13.2 Å². The van der Waals surface area contributed by atoms with Gasteiger partial charge in [-0.15, -0.1) is 0 Å². The van der Waals surface area contributed by atoms with Gasteiger partial charge in [-0.2, -0.15) is 18.2 Å². The number of rotatable bonds is 2. The van der Waals surface area contributed by atoms with Crippen molar-refractivity contribution >= 4 is 0 Å². The Labute approximate surface area is 124 Å². The van der Waals surface area contributed by atoms with Crippen LogP contribution in [0.5, 0.6) is 0 Å². The lowest BCUT2D eigenvalue weighted by atomic mass is 9.98. The molecule has 0 aliphatic rings. The molecule has 0 aliphatic heterocycles. The average Bonchev–Trinajstić information content (AvgIpc) is 2.93. The monoisotopic (exact) mass is 303 g/mol. The van der Waals surface area contributed by atoms with E-state index in [1.54, 1.807) is 25.1 Å². The first-order chi connectivity index (χ1) is 10.4. The molecule has 3 nitrogen and oxygen atoms in total. The molecule has 0 unspecified atom stereocenters. The van der Waals surface area contributed by atoms with Gasteiger partial charge < -0.3 is 4.52 Å². The lowest BCUT2D eigenvalue weighted by Gasteiger charge is -2.09. The van der Waals surface area contributed by atoms with Crippen molar-refractivity contribution in [2.24, 2.45) is 0 Å². The number of aryl methyl sites for hydroxylation is 1. The summed E-state index contributed by atoms with van der Waals surface area (Å²) in [5, 5.41) is 3.83. The summed E-state index contributed by atoms with van der Waals surface area (Å²) in [7, 11) is 0. The fourth-order valence-electron chi connectivity index (χ4n) is 2.10. The van der Waals surface area contributed by atoms with Crippen molar-refractivity contribution in [1.29, 1.82) is 0 Å².